The van der Waals surface area contributed by atoms with Crippen LogP contribution in [-0.4, -0.2) is 28.5 Å². The highest BCUT2D eigenvalue weighted by molar-refractivity contribution is 5.08. The third kappa shape index (κ3) is 1.70. The summed E-state index contributed by atoms with van der Waals surface area (Å²) in [5.74, 6) is 0.873. The molecular weight excluding hydrogens is 162 g/mol. The van der Waals surface area contributed by atoms with Gasteiger partial charge in [-0.3, -0.25) is 4.90 Å². The smallest absolute Gasteiger partial charge is 0.125 e. The van der Waals surface area contributed by atoms with Gasteiger partial charge in [-0.05, 0) is 39.4 Å². The Morgan fingerprint density at radius 2 is 2.38 bits per heavy atom. The van der Waals surface area contributed by atoms with Gasteiger partial charge in [0.15, 0.2) is 0 Å². The fourth-order valence-corrected chi connectivity index (χ4v) is 1.94. The van der Waals surface area contributed by atoms with Gasteiger partial charge < -0.3 is 0 Å². The van der Waals surface area contributed by atoms with E-state index in [4.69, 9.17) is 0 Å². The van der Waals surface area contributed by atoms with Crippen molar-refractivity contribution in [2.45, 2.75) is 25.8 Å². The van der Waals surface area contributed by atoms with E-state index in [1.807, 2.05) is 19.2 Å². The summed E-state index contributed by atoms with van der Waals surface area (Å²) >= 11 is 0. The number of rotatable bonds is 1. The molecule has 1 saturated heterocycles. The van der Waals surface area contributed by atoms with E-state index in [9.17, 15) is 0 Å². The molecule has 0 aromatic carbocycles. The second-order valence-electron chi connectivity index (χ2n) is 3.67. The molecule has 0 spiro atoms. The summed E-state index contributed by atoms with van der Waals surface area (Å²) in [6, 6.07) is 2.54. The van der Waals surface area contributed by atoms with Crippen molar-refractivity contribution >= 4 is 0 Å². The van der Waals surface area contributed by atoms with Crippen molar-refractivity contribution in [2.75, 3.05) is 13.6 Å². The van der Waals surface area contributed by atoms with Crippen molar-refractivity contribution in [3.8, 4) is 0 Å². The van der Waals surface area contributed by atoms with Gasteiger partial charge >= 0.3 is 0 Å². The van der Waals surface area contributed by atoms with Crippen molar-refractivity contribution in [2.24, 2.45) is 0 Å². The van der Waals surface area contributed by atoms with Gasteiger partial charge in [0.25, 0.3) is 0 Å². The molecule has 1 unspecified atom stereocenters. The molecule has 1 aromatic heterocycles. The number of likely N-dealkylation sites (tertiary alicyclic amines) is 1. The molecule has 0 amide bonds. The first-order chi connectivity index (χ1) is 6.27. The summed E-state index contributed by atoms with van der Waals surface area (Å²) in [5, 5.41) is 0. The standard InChI is InChI=1S/C10H15N3/c1-8-11-6-5-9(12-8)10-4-3-7-13(10)2/h5-6,10H,3-4,7H2,1-2H3. The summed E-state index contributed by atoms with van der Waals surface area (Å²) in [4.78, 5) is 10.9. The summed E-state index contributed by atoms with van der Waals surface area (Å²) in [7, 11) is 2.16. The quantitative estimate of drug-likeness (QED) is 0.651. The highest BCUT2D eigenvalue weighted by Gasteiger charge is 2.23. The fourth-order valence-electron chi connectivity index (χ4n) is 1.94. The molecule has 2 rings (SSSR count). The molecule has 3 nitrogen and oxygen atoms in total. The second kappa shape index (κ2) is 3.42. The maximum atomic E-state index is 4.45. The van der Waals surface area contributed by atoms with E-state index in [0.717, 1.165) is 5.82 Å². The predicted octanol–water partition coefficient (Wildman–Crippen LogP) is 1.55. The van der Waals surface area contributed by atoms with Crippen LogP contribution in [0.25, 0.3) is 0 Å². The number of aryl methyl sites for hydroxylation is 1. The lowest BCUT2D eigenvalue weighted by Crippen LogP contribution is -2.18. The SMILES string of the molecule is Cc1nccc(C2CCCN2C)n1. The normalized spacial score (nSPS) is 23.7. The van der Waals surface area contributed by atoms with Gasteiger partial charge in [0, 0.05) is 6.20 Å². The van der Waals surface area contributed by atoms with Crippen LogP contribution in [0, 0.1) is 6.92 Å². The highest BCUT2D eigenvalue weighted by Crippen LogP contribution is 2.28. The summed E-state index contributed by atoms with van der Waals surface area (Å²) in [6.45, 7) is 3.13. The van der Waals surface area contributed by atoms with Gasteiger partial charge in [-0.25, -0.2) is 9.97 Å². The first-order valence-corrected chi connectivity index (χ1v) is 4.77. The molecule has 3 heteroatoms. The molecule has 1 aliphatic heterocycles. The zero-order valence-electron chi connectivity index (χ0n) is 8.20. The average molecular weight is 177 g/mol. The summed E-state index contributed by atoms with van der Waals surface area (Å²) < 4.78 is 0. The molecule has 0 aliphatic carbocycles. The lowest BCUT2D eigenvalue weighted by molar-refractivity contribution is 0.311. The molecule has 1 aliphatic rings. The fraction of sp³-hybridized carbons (Fsp3) is 0.600. The minimum atomic E-state index is 0.515. The number of hydrogen-bond acceptors (Lipinski definition) is 3. The topological polar surface area (TPSA) is 29.0 Å². The maximum Gasteiger partial charge on any atom is 0.125 e. The van der Waals surface area contributed by atoms with Crippen molar-refractivity contribution in [1.29, 1.82) is 0 Å². The minimum Gasteiger partial charge on any atom is -0.298 e. The monoisotopic (exact) mass is 177 g/mol. The van der Waals surface area contributed by atoms with Gasteiger partial charge in [-0.15, -0.1) is 0 Å². The highest BCUT2D eigenvalue weighted by atomic mass is 15.2. The van der Waals surface area contributed by atoms with E-state index in [-0.39, 0.29) is 0 Å². The number of nitrogens with zero attached hydrogens (tertiary/aromatic N) is 3. The largest absolute Gasteiger partial charge is 0.298 e. The van der Waals surface area contributed by atoms with Crippen LogP contribution in [-0.2, 0) is 0 Å². The Morgan fingerprint density at radius 3 is 3.00 bits per heavy atom. The molecule has 0 bridgehead atoms. The Morgan fingerprint density at radius 1 is 1.54 bits per heavy atom. The van der Waals surface area contributed by atoms with Crippen LogP contribution >= 0.6 is 0 Å². The summed E-state index contributed by atoms with van der Waals surface area (Å²) in [5.41, 5.74) is 1.17. The zero-order valence-corrected chi connectivity index (χ0v) is 8.20. The van der Waals surface area contributed by atoms with Gasteiger partial charge in [0.1, 0.15) is 5.82 Å². The van der Waals surface area contributed by atoms with Crippen LogP contribution in [0.4, 0.5) is 0 Å². The van der Waals surface area contributed by atoms with E-state index in [2.05, 4.69) is 21.9 Å². The van der Waals surface area contributed by atoms with E-state index in [1.54, 1.807) is 0 Å². The van der Waals surface area contributed by atoms with E-state index in [0.29, 0.717) is 6.04 Å². The van der Waals surface area contributed by atoms with Crippen molar-refractivity contribution < 1.29 is 0 Å². The zero-order chi connectivity index (χ0) is 9.26. The molecular formula is C10H15N3. The van der Waals surface area contributed by atoms with Crippen molar-refractivity contribution in [3.05, 3.63) is 23.8 Å². The van der Waals surface area contributed by atoms with Crippen LogP contribution in [0.3, 0.4) is 0 Å². The average Bonchev–Trinajstić information content (AvgIpc) is 2.51. The Labute approximate surface area is 78.8 Å². The third-order valence-corrected chi connectivity index (χ3v) is 2.66. The number of hydrogen-bond donors (Lipinski definition) is 0. The van der Waals surface area contributed by atoms with E-state index < -0.39 is 0 Å². The van der Waals surface area contributed by atoms with Crippen molar-refractivity contribution in [3.63, 3.8) is 0 Å². The predicted molar refractivity (Wildman–Crippen MR) is 51.4 cm³/mol. The molecule has 2 heterocycles. The summed E-state index contributed by atoms with van der Waals surface area (Å²) in [6.07, 6.45) is 4.36. The Bertz CT molecular complexity index is 298. The Kier molecular flexibility index (Phi) is 2.27. The van der Waals surface area contributed by atoms with Crippen LogP contribution in [0.1, 0.15) is 30.4 Å². The molecule has 1 aromatic rings. The minimum absolute atomic E-state index is 0.515. The molecule has 1 fully saturated rings. The van der Waals surface area contributed by atoms with Crippen LogP contribution in [0.15, 0.2) is 12.3 Å². The Hall–Kier alpha value is -0.960. The van der Waals surface area contributed by atoms with Crippen LogP contribution in [0.5, 0.6) is 0 Å². The van der Waals surface area contributed by atoms with Crippen LogP contribution < -0.4 is 0 Å². The van der Waals surface area contributed by atoms with Crippen molar-refractivity contribution in [1.82, 2.24) is 14.9 Å². The molecule has 1 atom stereocenters. The number of aromatic nitrogens is 2. The van der Waals surface area contributed by atoms with Gasteiger partial charge in [-0.2, -0.15) is 0 Å². The molecule has 0 radical (unpaired) electrons. The first-order valence-electron chi connectivity index (χ1n) is 4.77. The molecule has 0 saturated carbocycles. The third-order valence-electron chi connectivity index (χ3n) is 2.66. The lowest BCUT2D eigenvalue weighted by atomic mass is 10.1. The molecule has 0 N–H and O–H groups in total. The van der Waals surface area contributed by atoms with Gasteiger partial charge in [0.2, 0.25) is 0 Å². The van der Waals surface area contributed by atoms with Gasteiger partial charge in [0.05, 0.1) is 11.7 Å². The molecule has 70 valence electrons. The maximum absolute atomic E-state index is 4.45. The van der Waals surface area contributed by atoms with E-state index in [1.165, 1.54) is 25.1 Å². The molecule has 13 heavy (non-hydrogen) atoms. The second-order valence-corrected chi connectivity index (χ2v) is 3.67. The first kappa shape index (κ1) is 8.63. The lowest BCUT2D eigenvalue weighted by Gasteiger charge is -2.18. The van der Waals surface area contributed by atoms with E-state index >= 15 is 0 Å². The Balaban J connectivity index is 2.24. The van der Waals surface area contributed by atoms with Gasteiger partial charge in [-0.1, -0.05) is 0 Å². The van der Waals surface area contributed by atoms with Crippen LogP contribution in [0.2, 0.25) is 0 Å².